The third-order valence-corrected chi connectivity index (χ3v) is 10.8. The Balaban J connectivity index is 0.000000275. The molecule has 9 aromatic rings. The Hall–Kier alpha value is -5.97. The van der Waals surface area contributed by atoms with Crippen molar-refractivity contribution < 1.29 is 25.8 Å². The fourth-order valence-electron chi connectivity index (χ4n) is 7.43. The molecular formula is C59H61HfN3. The summed E-state index contributed by atoms with van der Waals surface area (Å²) in [5, 5.41) is 11.1. The summed E-state index contributed by atoms with van der Waals surface area (Å²) in [5.41, 5.74) is 12.7. The molecule has 9 rings (SSSR count). The fraction of sp³-hybridized carbons (Fsp3) is 0.186. The minimum atomic E-state index is 0. The monoisotopic (exact) mass is 991 g/mol. The van der Waals surface area contributed by atoms with Crippen LogP contribution in [0.15, 0.2) is 170 Å². The van der Waals surface area contributed by atoms with Crippen molar-refractivity contribution in [1.29, 1.82) is 0 Å². The summed E-state index contributed by atoms with van der Waals surface area (Å²) in [5.74, 6) is 0.724. The standard InChI is InChI=1S/C38H40N3.3C7H7.Hf/c1-23-18-24(2)34(25(3)19-23)39-33-15-11-26-16-17-41(36(26)40-33)35-31-14-13-29(37(4,5)6)21-28(31)20-27-10-12-30(22-32(27)35)38(7,8)9;3*1-7-5-3-2-4-6-7;/h10-22H,1-9H3;3*2-6H,1H2;/q4*-1;+4. The van der Waals surface area contributed by atoms with Gasteiger partial charge in [-0.3, -0.25) is 0 Å². The normalized spacial score (nSPS) is 11.0. The van der Waals surface area contributed by atoms with Crippen LogP contribution in [-0.4, -0.2) is 9.55 Å². The van der Waals surface area contributed by atoms with Gasteiger partial charge in [0.1, 0.15) is 0 Å². The van der Waals surface area contributed by atoms with Crippen molar-refractivity contribution >= 4 is 44.1 Å². The summed E-state index contributed by atoms with van der Waals surface area (Å²) in [7, 11) is 0. The van der Waals surface area contributed by atoms with Crippen molar-refractivity contribution in [2.24, 2.45) is 0 Å². The zero-order valence-corrected chi connectivity index (χ0v) is 42.2. The molecule has 0 unspecified atom stereocenters. The Kier molecular flexibility index (Phi) is 16.0. The van der Waals surface area contributed by atoms with E-state index in [0.717, 1.165) is 39.2 Å². The van der Waals surface area contributed by atoms with Gasteiger partial charge in [-0.05, 0) is 93.9 Å². The number of hydrogen-bond donors (Lipinski definition) is 0. The van der Waals surface area contributed by atoms with E-state index in [1.165, 1.54) is 55.0 Å². The fourth-order valence-corrected chi connectivity index (χ4v) is 7.43. The Morgan fingerprint density at radius 2 is 0.952 bits per heavy atom. The average molecular weight is 991 g/mol. The van der Waals surface area contributed by atoms with Crippen LogP contribution in [0.5, 0.6) is 0 Å². The molecule has 7 aromatic carbocycles. The van der Waals surface area contributed by atoms with Crippen LogP contribution in [0.3, 0.4) is 0 Å². The summed E-state index contributed by atoms with van der Waals surface area (Å²) in [6, 6.07) is 56.6. The topological polar surface area (TPSA) is 31.9 Å². The number of rotatable bonds is 3. The summed E-state index contributed by atoms with van der Waals surface area (Å²) in [4.78, 5) is 5.15. The first-order valence-electron chi connectivity index (χ1n) is 21.4. The van der Waals surface area contributed by atoms with Crippen LogP contribution in [0, 0.1) is 41.5 Å². The summed E-state index contributed by atoms with van der Waals surface area (Å²) >= 11 is 0. The van der Waals surface area contributed by atoms with Crippen LogP contribution in [0.1, 0.15) is 86.1 Å². The molecule has 0 saturated carbocycles. The quantitative estimate of drug-likeness (QED) is 0.0986. The molecule has 63 heavy (non-hydrogen) atoms. The molecule has 0 aliphatic carbocycles. The van der Waals surface area contributed by atoms with Gasteiger partial charge in [0.15, 0.2) is 0 Å². The predicted molar refractivity (Wildman–Crippen MR) is 270 cm³/mol. The largest absolute Gasteiger partial charge is 4.00 e. The van der Waals surface area contributed by atoms with Crippen LogP contribution in [-0.2, 0) is 36.7 Å². The zero-order valence-electron chi connectivity index (χ0n) is 38.6. The van der Waals surface area contributed by atoms with Crippen LogP contribution < -0.4 is 0 Å². The average Bonchev–Trinajstić information content (AvgIpc) is 3.64. The van der Waals surface area contributed by atoms with Crippen LogP contribution in [0.25, 0.3) is 43.6 Å². The first-order valence-corrected chi connectivity index (χ1v) is 21.4. The summed E-state index contributed by atoms with van der Waals surface area (Å²) in [6.07, 6.45) is 2.17. The van der Waals surface area contributed by atoms with E-state index in [-0.39, 0.29) is 36.7 Å². The Bertz CT molecular complexity index is 2770. The van der Waals surface area contributed by atoms with E-state index in [1.807, 2.05) is 97.1 Å². The number of benzene rings is 7. The van der Waals surface area contributed by atoms with Crippen LogP contribution >= 0.6 is 0 Å². The maximum absolute atomic E-state index is 5.15. The number of hydrogen-bond acceptors (Lipinski definition) is 1. The minimum absolute atomic E-state index is 0. The summed E-state index contributed by atoms with van der Waals surface area (Å²) < 4.78 is 2.27. The molecule has 0 spiro atoms. The van der Waals surface area contributed by atoms with Gasteiger partial charge in [0.2, 0.25) is 0 Å². The third-order valence-electron chi connectivity index (χ3n) is 10.8. The Morgan fingerprint density at radius 3 is 1.43 bits per heavy atom. The molecule has 0 saturated heterocycles. The molecule has 0 radical (unpaired) electrons. The van der Waals surface area contributed by atoms with Crippen molar-refractivity contribution in [2.45, 2.75) is 73.1 Å². The molecule has 0 amide bonds. The number of nitrogens with zero attached hydrogens (tertiary/aromatic N) is 3. The van der Waals surface area contributed by atoms with E-state index >= 15 is 0 Å². The maximum Gasteiger partial charge on any atom is 4.00 e. The van der Waals surface area contributed by atoms with Gasteiger partial charge in [-0.25, -0.2) is 0 Å². The van der Waals surface area contributed by atoms with E-state index in [4.69, 9.17) is 10.3 Å². The number of aryl methyl sites for hydroxylation is 3. The van der Waals surface area contributed by atoms with E-state index < -0.39 is 0 Å². The van der Waals surface area contributed by atoms with E-state index in [0.29, 0.717) is 0 Å². The second kappa shape index (κ2) is 20.9. The molecule has 2 heterocycles. The van der Waals surface area contributed by atoms with Crippen molar-refractivity contribution in [3.8, 4) is 5.69 Å². The van der Waals surface area contributed by atoms with Gasteiger partial charge in [0.25, 0.3) is 0 Å². The van der Waals surface area contributed by atoms with Crippen molar-refractivity contribution in [1.82, 2.24) is 9.55 Å². The number of pyridine rings is 1. The second-order valence-corrected chi connectivity index (χ2v) is 18.2. The van der Waals surface area contributed by atoms with Crippen molar-refractivity contribution in [3.05, 3.63) is 241 Å². The van der Waals surface area contributed by atoms with Gasteiger partial charge >= 0.3 is 25.8 Å². The van der Waals surface area contributed by atoms with Gasteiger partial charge in [0.05, 0.1) is 5.69 Å². The van der Waals surface area contributed by atoms with Gasteiger partial charge < -0.3 is 14.9 Å². The van der Waals surface area contributed by atoms with Gasteiger partial charge in [-0.1, -0.05) is 126 Å². The number of aromatic nitrogens is 2. The van der Waals surface area contributed by atoms with Crippen molar-refractivity contribution in [2.75, 3.05) is 0 Å². The predicted octanol–water partition coefficient (Wildman–Crippen LogP) is 16.8. The SMILES string of the molecule is Cc1cc(C)c([N-]c2ccc3ccn(-c4c5ccc(C(C)(C)C)cc5cc5ccc(C(C)(C)C)cc45)c3n2)c(C)c1.[CH2-]c1ccccc1.[CH2-]c1ccccc1.[CH2-]c1ccccc1.[Hf+4]. The first kappa shape index (κ1) is 48.1. The van der Waals surface area contributed by atoms with Gasteiger partial charge in [-0.2, -0.15) is 73.9 Å². The first-order chi connectivity index (χ1) is 29.5. The van der Waals surface area contributed by atoms with Crippen LogP contribution in [0.2, 0.25) is 0 Å². The minimum Gasteiger partial charge on any atom is -0.436 e. The second-order valence-electron chi connectivity index (χ2n) is 18.2. The molecule has 0 aliphatic heterocycles. The van der Waals surface area contributed by atoms with Crippen LogP contribution in [0.4, 0.5) is 11.5 Å². The number of fused-ring (bicyclic) bond motifs is 3. The molecule has 0 atom stereocenters. The van der Waals surface area contributed by atoms with E-state index in [1.54, 1.807) is 0 Å². The van der Waals surface area contributed by atoms with Gasteiger partial charge in [0, 0.05) is 22.6 Å². The summed E-state index contributed by atoms with van der Waals surface area (Å²) in [6.45, 7) is 31.2. The van der Waals surface area contributed by atoms with E-state index in [9.17, 15) is 0 Å². The molecule has 2 aromatic heterocycles. The smallest absolute Gasteiger partial charge is 0.436 e. The Labute approximate surface area is 396 Å². The molecule has 0 fully saturated rings. The molecule has 0 N–H and O–H groups in total. The van der Waals surface area contributed by atoms with Crippen molar-refractivity contribution in [3.63, 3.8) is 0 Å². The molecule has 316 valence electrons. The maximum atomic E-state index is 5.15. The molecule has 4 heteroatoms. The van der Waals surface area contributed by atoms with Gasteiger partial charge in [-0.15, -0.1) is 36.4 Å². The molecular weight excluding hydrogens is 929 g/mol. The Morgan fingerprint density at radius 1 is 0.476 bits per heavy atom. The molecule has 3 nitrogen and oxygen atoms in total. The molecule has 0 bridgehead atoms. The third kappa shape index (κ3) is 12.6. The zero-order chi connectivity index (χ0) is 44.6. The van der Waals surface area contributed by atoms with E-state index in [2.05, 4.69) is 161 Å². The molecule has 0 aliphatic rings.